The van der Waals surface area contributed by atoms with E-state index in [1.807, 2.05) is 6.92 Å². The number of carbonyl (C=O) groups excluding carboxylic acids is 2. The summed E-state index contributed by atoms with van der Waals surface area (Å²) in [5, 5.41) is 10.6. The van der Waals surface area contributed by atoms with Gasteiger partial charge in [-0.25, -0.2) is 4.68 Å². The molecule has 10 heteroatoms. The van der Waals surface area contributed by atoms with Crippen LogP contribution in [0.15, 0.2) is 16.7 Å². The van der Waals surface area contributed by atoms with Crippen molar-refractivity contribution in [3.63, 3.8) is 0 Å². The Balaban J connectivity index is 1.61. The molecule has 0 bridgehead atoms. The number of furan rings is 1. The largest absolute Gasteiger partial charge is 0.459 e. The van der Waals surface area contributed by atoms with Gasteiger partial charge in [0.2, 0.25) is 11.9 Å². The van der Waals surface area contributed by atoms with Crippen molar-refractivity contribution in [1.29, 1.82) is 0 Å². The molecule has 1 fully saturated rings. The summed E-state index contributed by atoms with van der Waals surface area (Å²) < 4.78 is 6.52. The fraction of sp³-hybridized carbons (Fsp3) is 0.500. The highest BCUT2D eigenvalue weighted by atomic mass is 16.3. The number of hydrogen-bond acceptors (Lipinski definition) is 7. The minimum Gasteiger partial charge on any atom is -0.459 e. The normalized spacial score (nSPS) is 15.4. The number of carbonyl (C=O) groups is 2. The summed E-state index contributed by atoms with van der Waals surface area (Å²) in [6.45, 7) is 3.88. The maximum atomic E-state index is 12.5. The van der Waals surface area contributed by atoms with Crippen LogP contribution in [0.25, 0.3) is 0 Å². The van der Waals surface area contributed by atoms with E-state index in [2.05, 4.69) is 15.5 Å². The van der Waals surface area contributed by atoms with Crippen LogP contribution >= 0.6 is 0 Å². The van der Waals surface area contributed by atoms with Crippen LogP contribution < -0.4 is 5.73 Å². The predicted octanol–water partition coefficient (Wildman–Crippen LogP) is -0.469. The maximum Gasteiger partial charge on any atom is 0.289 e. The van der Waals surface area contributed by atoms with Crippen molar-refractivity contribution in [2.75, 3.05) is 31.9 Å². The average Bonchev–Trinajstić information content (AvgIpc) is 3.07. The minimum atomic E-state index is -0.142. The predicted molar refractivity (Wildman–Crippen MR) is 82.8 cm³/mol. The Hall–Kier alpha value is -2.91. The Kier molecular flexibility index (Phi) is 4.45. The third kappa shape index (κ3) is 3.21. The molecule has 2 aromatic rings. The lowest BCUT2D eigenvalue weighted by molar-refractivity contribution is -0.131. The van der Waals surface area contributed by atoms with Crippen molar-refractivity contribution in [3.05, 3.63) is 23.7 Å². The van der Waals surface area contributed by atoms with Crippen molar-refractivity contribution < 1.29 is 14.0 Å². The van der Waals surface area contributed by atoms with Gasteiger partial charge in [-0.05, 0) is 29.8 Å². The van der Waals surface area contributed by atoms with Crippen LogP contribution in [-0.2, 0) is 11.3 Å². The molecule has 1 saturated heterocycles. The lowest BCUT2D eigenvalue weighted by Gasteiger charge is -2.21. The molecule has 2 amide bonds. The first-order valence-electron chi connectivity index (χ1n) is 7.69. The maximum absolute atomic E-state index is 12.5. The molecule has 2 N–H and O–H groups in total. The Morgan fingerprint density at radius 1 is 1.25 bits per heavy atom. The number of nitrogens with two attached hydrogens (primary N) is 1. The number of amides is 2. The van der Waals surface area contributed by atoms with Gasteiger partial charge in [-0.3, -0.25) is 9.59 Å². The molecule has 1 aliphatic heterocycles. The second-order valence-electron chi connectivity index (χ2n) is 5.65. The first-order valence-corrected chi connectivity index (χ1v) is 7.69. The molecule has 0 spiro atoms. The molecule has 24 heavy (non-hydrogen) atoms. The van der Waals surface area contributed by atoms with Gasteiger partial charge in [0.25, 0.3) is 5.91 Å². The summed E-state index contributed by atoms with van der Waals surface area (Å²) in [4.78, 5) is 28.3. The van der Waals surface area contributed by atoms with Gasteiger partial charge in [0.1, 0.15) is 6.54 Å². The SMILES string of the molecule is Cc1ccoc1C(=O)N1CCCN(C(=O)Cn2nnnc2N)CC1. The Morgan fingerprint density at radius 3 is 2.67 bits per heavy atom. The summed E-state index contributed by atoms with van der Waals surface area (Å²) >= 11 is 0. The summed E-state index contributed by atoms with van der Waals surface area (Å²) in [6, 6.07) is 1.76. The molecule has 128 valence electrons. The molecule has 0 saturated carbocycles. The van der Waals surface area contributed by atoms with E-state index in [0.717, 1.165) is 5.56 Å². The standard InChI is InChI=1S/C14H19N7O3/c1-10-3-8-24-12(10)13(23)20-5-2-4-19(6-7-20)11(22)9-21-14(15)16-17-18-21/h3,8H,2,4-7,9H2,1H3,(H2,15,16,18). The zero-order valence-electron chi connectivity index (χ0n) is 13.4. The van der Waals surface area contributed by atoms with Gasteiger partial charge in [0.15, 0.2) is 5.76 Å². The third-order valence-corrected chi connectivity index (χ3v) is 4.04. The number of nitrogen functional groups attached to an aromatic ring is 1. The molecule has 3 heterocycles. The van der Waals surface area contributed by atoms with Gasteiger partial charge in [-0.2, -0.15) is 0 Å². The highest BCUT2D eigenvalue weighted by molar-refractivity contribution is 5.92. The molecule has 0 aromatic carbocycles. The van der Waals surface area contributed by atoms with Gasteiger partial charge in [-0.15, -0.1) is 0 Å². The molecule has 10 nitrogen and oxygen atoms in total. The summed E-state index contributed by atoms with van der Waals surface area (Å²) in [7, 11) is 0. The lowest BCUT2D eigenvalue weighted by Crippen LogP contribution is -2.39. The zero-order valence-corrected chi connectivity index (χ0v) is 13.4. The number of hydrogen-bond donors (Lipinski definition) is 1. The van der Waals surface area contributed by atoms with E-state index in [4.69, 9.17) is 10.2 Å². The molecular weight excluding hydrogens is 314 g/mol. The molecule has 2 aromatic heterocycles. The van der Waals surface area contributed by atoms with Crippen LogP contribution in [0.5, 0.6) is 0 Å². The van der Waals surface area contributed by atoms with Gasteiger partial charge < -0.3 is 20.0 Å². The molecule has 0 atom stereocenters. The van der Waals surface area contributed by atoms with Crippen LogP contribution in [0.4, 0.5) is 5.95 Å². The van der Waals surface area contributed by atoms with E-state index >= 15 is 0 Å². The Morgan fingerprint density at radius 2 is 2.00 bits per heavy atom. The molecular formula is C14H19N7O3. The number of aryl methyl sites for hydroxylation is 1. The monoisotopic (exact) mass is 333 g/mol. The number of rotatable bonds is 3. The van der Waals surface area contributed by atoms with Crippen molar-refractivity contribution in [1.82, 2.24) is 30.0 Å². The molecule has 1 aliphatic rings. The first-order chi connectivity index (χ1) is 11.6. The van der Waals surface area contributed by atoms with E-state index in [9.17, 15) is 9.59 Å². The van der Waals surface area contributed by atoms with Gasteiger partial charge in [-0.1, -0.05) is 5.10 Å². The fourth-order valence-corrected chi connectivity index (χ4v) is 2.66. The van der Waals surface area contributed by atoms with Gasteiger partial charge >= 0.3 is 0 Å². The molecule has 0 radical (unpaired) electrons. The van der Waals surface area contributed by atoms with Gasteiger partial charge in [0, 0.05) is 31.7 Å². The number of aromatic nitrogens is 4. The number of nitrogens with zero attached hydrogens (tertiary/aromatic N) is 6. The zero-order chi connectivity index (χ0) is 17.1. The summed E-state index contributed by atoms with van der Waals surface area (Å²) in [5.74, 6) is 0.188. The van der Waals surface area contributed by atoms with Crippen LogP contribution in [0.3, 0.4) is 0 Å². The van der Waals surface area contributed by atoms with Crippen molar-refractivity contribution >= 4 is 17.8 Å². The molecule has 3 rings (SSSR count). The highest BCUT2D eigenvalue weighted by Crippen LogP contribution is 2.14. The number of tetrazole rings is 1. The smallest absolute Gasteiger partial charge is 0.289 e. The minimum absolute atomic E-state index is 0.00985. The van der Waals surface area contributed by atoms with Crippen molar-refractivity contribution in [3.8, 4) is 0 Å². The highest BCUT2D eigenvalue weighted by Gasteiger charge is 2.25. The van der Waals surface area contributed by atoms with E-state index < -0.39 is 0 Å². The van der Waals surface area contributed by atoms with E-state index in [1.165, 1.54) is 10.9 Å². The third-order valence-electron chi connectivity index (χ3n) is 4.04. The van der Waals surface area contributed by atoms with E-state index in [1.54, 1.807) is 15.9 Å². The topological polar surface area (TPSA) is 123 Å². The van der Waals surface area contributed by atoms with Crippen molar-refractivity contribution in [2.24, 2.45) is 0 Å². The van der Waals surface area contributed by atoms with Crippen LogP contribution in [0, 0.1) is 6.92 Å². The van der Waals surface area contributed by atoms with Crippen LogP contribution in [-0.4, -0.2) is 68.0 Å². The Bertz CT molecular complexity index is 738. The second kappa shape index (κ2) is 6.69. The van der Waals surface area contributed by atoms with Crippen LogP contribution in [0.1, 0.15) is 22.5 Å². The van der Waals surface area contributed by atoms with Crippen molar-refractivity contribution in [2.45, 2.75) is 19.9 Å². The van der Waals surface area contributed by atoms with E-state index in [0.29, 0.717) is 38.4 Å². The Labute approximate surface area is 138 Å². The lowest BCUT2D eigenvalue weighted by atomic mass is 10.2. The number of anilines is 1. The molecule has 0 aliphatic carbocycles. The average molecular weight is 333 g/mol. The first kappa shape index (κ1) is 16.0. The van der Waals surface area contributed by atoms with E-state index in [-0.39, 0.29) is 24.3 Å². The molecule has 0 unspecified atom stereocenters. The second-order valence-corrected chi connectivity index (χ2v) is 5.65. The quantitative estimate of drug-likeness (QED) is 0.805. The fourth-order valence-electron chi connectivity index (χ4n) is 2.66. The summed E-state index contributed by atoms with van der Waals surface area (Å²) in [6.07, 6.45) is 2.20. The summed E-state index contributed by atoms with van der Waals surface area (Å²) in [5.41, 5.74) is 6.38. The van der Waals surface area contributed by atoms with Gasteiger partial charge in [0.05, 0.1) is 6.26 Å². The van der Waals surface area contributed by atoms with Crippen LogP contribution in [0.2, 0.25) is 0 Å².